The van der Waals surface area contributed by atoms with Crippen LogP contribution in [0, 0.1) is 5.92 Å². The molecule has 0 spiro atoms. The largest absolute Gasteiger partial charge is 0.444 e. The Balaban J connectivity index is 1.38. The minimum atomic E-state index is -1.70. The van der Waals surface area contributed by atoms with Crippen molar-refractivity contribution in [1.82, 2.24) is 14.9 Å². The lowest BCUT2D eigenvalue weighted by Gasteiger charge is -2.37. The van der Waals surface area contributed by atoms with Gasteiger partial charge in [0.15, 0.2) is 13.4 Å². The van der Waals surface area contributed by atoms with Gasteiger partial charge in [0.2, 0.25) is 11.8 Å². The number of thiazole rings is 1. The van der Waals surface area contributed by atoms with Gasteiger partial charge in [0.1, 0.15) is 5.76 Å². The molecule has 0 radical (unpaired) electrons. The Bertz CT molecular complexity index is 970. The fourth-order valence-corrected chi connectivity index (χ4v) is 6.28. The molecule has 10 heteroatoms. The summed E-state index contributed by atoms with van der Waals surface area (Å²) in [7, 11) is -1.70. The molecule has 1 N–H and O–H groups in total. The number of carbonyl (C=O) groups is 1. The van der Waals surface area contributed by atoms with E-state index in [-0.39, 0.29) is 22.3 Å². The molecule has 1 fully saturated rings. The highest BCUT2D eigenvalue weighted by molar-refractivity contribution is 8.00. The van der Waals surface area contributed by atoms with Gasteiger partial charge in [-0.1, -0.05) is 52.9 Å². The van der Waals surface area contributed by atoms with E-state index in [9.17, 15) is 4.79 Å². The van der Waals surface area contributed by atoms with Gasteiger partial charge in [0, 0.05) is 24.5 Å². The van der Waals surface area contributed by atoms with Gasteiger partial charge in [-0.05, 0) is 44.1 Å². The molecule has 1 aliphatic heterocycles. The van der Waals surface area contributed by atoms with Crippen LogP contribution in [-0.4, -0.2) is 55.3 Å². The van der Waals surface area contributed by atoms with E-state index in [4.69, 9.17) is 8.84 Å². The first-order chi connectivity index (χ1) is 16.2. The second-order valence-electron chi connectivity index (χ2n) is 11.9. The van der Waals surface area contributed by atoms with E-state index in [1.54, 1.807) is 18.0 Å². The third-order valence-electron chi connectivity index (χ3n) is 6.98. The lowest BCUT2D eigenvalue weighted by atomic mass is 9.94. The maximum atomic E-state index is 12.8. The molecular formula is C25H42N4O3S2Si. The fourth-order valence-electron chi connectivity index (χ4n) is 3.51. The van der Waals surface area contributed by atoms with Gasteiger partial charge in [-0.2, -0.15) is 0 Å². The predicted molar refractivity (Wildman–Crippen MR) is 148 cm³/mol. The van der Waals surface area contributed by atoms with E-state index in [1.807, 2.05) is 6.20 Å². The zero-order chi connectivity index (χ0) is 25.9. The first-order valence-corrected chi connectivity index (χ1v) is 17.2. The topological polar surface area (TPSA) is 80.5 Å². The lowest BCUT2D eigenvalue weighted by Crippen LogP contribution is -2.44. The van der Waals surface area contributed by atoms with E-state index >= 15 is 0 Å². The molecular weight excluding hydrogens is 497 g/mol. The molecule has 1 aliphatic rings. The van der Waals surface area contributed by atoms with Crippen LogP contribution in [-0.2, 0) is 20.4 Å². The highest BCUT2D eigenvalue weighted by Crippen LogP contribution is 2.36. The van der Waals surface area contributed by atoms with Crippen LogP contribution in [0.3, 0.4) is 0 Å². The normalized spacial score (nSPS) is 16.6. The van der Waals surface area contributed by atoms with Crippen LogP contribution in [0.5, 0.6) is 0 Å². The Hall–Kier alpha value is -1.20. The number of oxazole rings is 1. The highest BCUT2D eigenvalue weighted by Gasteiger charge is 2.37. The summed E-state index contributed by atoms with van der Waals surface area (Å²) in [6.45, 7) is 21.3. The van der Waals surface area contributed by atoms with Crippen molar-refractivity contribution in [3.05, 3.63) is 24.0 Å². The Morgan fingerprint density at radius 2 is 1.89 bits per heavy atom. The van der Waals surface area contributed by atoms with Crippen molar-refractivity contribution in [2.45, 2.75) is 87.9 Å². The molecule has 0 aromatic carbocycles. The first kappa shape index (κ1) is 28.4. The molecule has 1 saturated heterocycles. The number of nitrogens with one attached hydrogen (secondary N) is 1. The SMILES string of the molecule is CC(C)(C)c1cnc(CSc2cnc(NC(=O)C3CCN(CCO[Si](C)(C)C(C)(C)C)CC3)s2)o1. The summed E-state index contributed by atoms with van der Waals surface area (Å²) in [5.41, 5.74) is -0.0491. The van der Waals surface area contributed by atoms with Gasteiger partial charge in [-0.3, -0.25) is 4.79 Å². The summed E-state index contributed by atoms with van der Waals surface area (Å²) in [4.78, 5) is 24.0. The Morgan fingerprint density at radius 1 is 1.20 bits per heavy atom. The predicted octanol–water partition coefficient (Wildman–Crippen LogP) is 6.39. The Labute approximate surface area is 220 Å². The van der Waals surface area contributed by atoms with Gasteiger partial charge in [-0.25, -0.2) is 9.97 Å². The summed E-state index contributed by atoms with van der Waals surface area (Å²) >= 11 is 3.12. The van der Waals surface area contributed by atoms with Crippen LogP contribution in [0.1, 0.15) is 66.0 Å². The highest BCUT2D eigenvalue weighted by atomic mass is 32.2. The third kappa shape index (κ3) is 8.15. The molecule has 3 rings (SSSR count). The molecule has 3 heterocycles. The van der Waals surface area contributed by atoms with Crippen LogP contribution in [0.2, 0.25) is 18.1 Å². The first-order valence-electron chi connectivity index (χ1n) is 12.5. The lowest BCUT2D eigenvalue weighted by molar-refractivity contribution is -0.121. The number of thioether (sulfide) groups is 1. The smallest absolute Gasteiger partial charge is 0.229 e. The van der Waals surface area contributed by atoms with Crippen molar-refractivity contribution < 1.29 is 13.6 Å². The van der Waals surface area contributed by atoms with E-state index in [0.717, 1.165) is 49.1 Å². The van der Waals surface area contributed by atoms with Crippen LogP contribution in [0.4, 0.5) is 5.13 Å². The van der Waals surface area contributed by atoms with Crippen molar-refractivity contribution in [3.8, 4) is 0 Å². The number of amides is 1. The van der Waals surface area contributed by atoms with Crippen molar-refractivity contribution in [1.29, 1.82) is 0 Å². The summed E-state index contributed by atoms with van der Waals surface area (Å²) in [5.74, 6) is 2.36. The molecule has 0 bridgehead atoms. The van der Waals surface area contributed by atoms with Crippen molar-refractivity contribution >= 4 is 42.5 Å². The van der Waals surface area contributed by atoms with Gasteiger partial charge in [0.05, 0.1) is 22.4 Å². The van der Waals surface area contributed by atoms with E-state index in [2.05, 4.69) is 74.8 Å². The summed E-state index contributed by atoms with van der Waals surface area (Å²) < 4.78 is 13.2. The van der Waals surface area contributed by atoms with Gasteiger partial charge >= 0.3 is 0 Å². The van der Waals surface area contributed by atoms with Gasteiger partial charge < -0.3 is 19.1 Å². The van der Waals surface area contributed by atoms with Crippen LogP contribution < -0.4 is 5.32 Å². The molecule has 7 nitrogen and oxygen atoms in total. The number of hydrogen-bond donors (Lipinski definition) is 1. The zero-order valence-electron chi connectivity index (χ0n) is 22.6. The molecule has 2 aromatic rings. The standard InChI is InChI=1S/C25H42N4O3S2Si/c1-24(2,3)19-15-26-20(32-19)17-33-21-16-27-23(34-21)28-22(30)18-9-11-29(12-10-18)13-14-31-35(7,8)25(4,5)6/h15-16,18H,9-14,17H2,1-8H3,(H,27,28,30). The second kappa shape index (κ2) is 11.5. The van der Waals surface area contributed by atoms with Crippen molar-refractivity contribution in [2.75, 3.05) is 31.6 Å². The number of aromatic nitrogens is 2. The summed E-state index contributed by atoms with van der Waals surface area (Å²) in [5, 5.41) is 3.92. The molecule has 0 atom stereocenters. The average molecular weight is 539 g/mol. The monoisotopic (exact) mass is 538 g/mol. The minimum absolute atomic E-state index is 0.0377. The molecule has 1 amide bonds. The number of hydrogen-bond acceptors (Lipinski definition) is 8. The van der Waals surface area contributed by atoms with Crippen LogP contribution in [0.25, 0.3) is 0 Å². The maximum absolute atomic E-state index is 12.8. The van der Waals surface area contributed by atoms with Crippen LogP contribution in [0.15, 0.2) is 21.0 Å². The number of piperidine rings is 1. The average Bonchev–Trinajstić information content (AvgIpc) is 3.41. The third-order valence-corrected chi connectivity index (χ3v) is 13.6. The second-order valence-corrected chi connectivity index (χ2v) is 19.0. The number of carbonyl (C=O) groups excluding carboxylic acids is 1. The maximum Gasteiger partial charge on any atom is 0.229 e. The minimum Gasteiger partial charge on any atom is -0.444 e. The molecule has 0 saturated carbocycles. The number of rotatable bonds is 9. The van der Waals surface area contributed by atoms with Gasteiger partial charge in [-0.15, -0.1) is 11.8 Å². The fraction of sp³-hybridized carbons (Fsp3) is 0.720. The van der Waals surface area contributed by atoms with E-state index < -0.39 is 8.32 Å². The molecule has 2 aromatic heterocycles. The quantitative estimate of drug-likeness (QED) is 0.292. The van der Waals surface area contributed by atoms with Gasteiger partial charge in [0.25, 0.3) is 0 Å². The molecule has 0 aliphatic carbocycles. The molecule has 196 valence electrons. The van der Waals surface area contributed by atoms with Crippen molar-refractivity contribution in [3.63, 3.8) is 0 Å². The number of nitrogens with zero attached hydrogens (tertiary/aromatic N) is 3. The summed E-state index contributed by atoms with van der Waals surface area (Å²) in [6.07, 6.45) is 5.36. The van der Waals surface area contributed by atoms with Crippen LogP contribution >= 0.6 is 23.1 Å². The zero-order valence-corrected chi connectivity index (χ0v) is 25.2. The molecule has 0 unspecified atom stereocenters. The number of anilines is 1. The Kier molecular flexibility index (Phi) is 9.29. The Morgan fingerprint density at radius 3 is 2.49 bits per heavy atom. The van der Waals surface area contributed by atoms with E-state index in [0.29, 0.717) is 16.8 Å². The molecule has 35 heavy (non-hydrogen) atoms. The van der Waals surface area contributed by atoms with Crippen molar-refractivity contribution in [2.24, 2.45) is 5.92 Å². The van der Waals surface area contributed by atoms with E-state index in [1.165, 1.54) is 11.3 Å². The number of likely N-dealkylation sites (tertiary alicyclic amines) is 1. The summed E-state index contributed by atoms with van der Waals surface area (Å²) in [6, 6.07) is 0.